The molecule has 0 saturated carbocycles. The number of benzene rings is 2. The Morgan fingerprint density at radius 3 is 2.43 bits per heavy atom. The van der Waals surface area contributed by atoms with Crippen molar-refractivity contribution in [3.8, 4) is 0 Å². The molecule has 3 aromatic rings. The number of hydrogen-bond acceptors (Lipinski definition) is 6. The second-order valence-corrected chi connectivity index (χ2v) is 7.99. The zero-order valence-corrected chi connectivity index (χ0v) is 16.5. The van der Waals surface area contributed by atoms with E-state index >= 15 is 0 Å². The molecule has 1 fully saturated rings. The minimum atomic E-state index is -0.464. The molecule has 0 radical (unpaired) electrons. The molecule has 0 atom stereocenters. The highest BCUT2D eigenvalue weighted by Crippen LogP contribution is 2.32. The third-order valence-electron chi connectivity index (χ3n) is 4.97. The molecule has 0 spiro atoms. The minimum absolute atomic E-state index is 0.0114. The molecule has 0 unspecified atom stereocenters. The lowest BCUT2D eigenvalue weighted by Crippen LogP contribution is -2.48. The topological polar surface area (TPSA) is 79.6 Å². The first kappa shape index (κ1) is 18.4. The molecule has 2 aromatic carbocycles. The number of nitrogens with zero attached hydrogens (tertiary/aromatic N) is 4. The average Bonchev–Trinajstić information content (AvgIpc) is 3.12. The maximum absolute atomic E-state index is 12.7. The van der Waals surface area contributed by atoms with Crippen LogP contribution in [0.1, 0.15) is 21.5 Å². The first-order chi connectivity index (χ1) is 13.4. The maximum atomic E-state index is 12.7. The summed E-state index contributed by atoms with van der Waals surface area (Å²) in [7, 11) is 0. The maximum Gasteiger partial charge on any atom is 0.269 e. The lowest BCUT2D eigenvalue weighted by molar-refractivity contribution is -0.384. The fourth-order valence-corrected chi connectivity index (χ4v) is 4.58. The van der Waals surface area contributed by atoms with Crippen molar-refractivity contribution in [3.63, 3.8) is 0 Å². The molecular formula is C20H20N4O3S. The number of amides is 1. The van der Waals surface area contributed by atoms with Gasteiger partial charge >= 0.3 is 0 Å². The third kappa shape index (κ3) is 3.43. The van der Waals surface area contributed by atoms with Crippen LogP contribution >= 0.6 is 11.3 Å². The Hall–Kier alpha value is -3.00. The zero-order valence-electron chi connectivity index (χ0n) is 15.7. The molecule has 1 saturated heterocycles. The zero-order chi connectivity index (χ0) is 19.8. The van der Waals surface area contributed by atoms with Gasteiger partial charge in [0.15, 0.2) is 5.13 Å². The standard InChI is InChI=1S/C20H20N4O3S/c1-13-11-14(2)18-17(12-13)21-20(28-18)23-9-7-22(8-10-23)19(25)15-3-5-16(6-4-15)24(26)27/h3-6,11-12H,7-10H2,1-2H3. The summed E-state index contributed by atoms with van der Waals surface area (Å²) < 4.78 is 1.21. The minimum Gasteiger partial charge on any atom is -0.345 e. The number of non-ortho nitro benzene ring substituents is 1. The Balaban J connectivity index is 1.45. The van der Waals surface area contributed by atoms with Crippen LogP contribution in [0.25, 0.3) is 10.2 Å². The third-order valence-corrected chi connectivity index (χ3v) is 6.24. The number of carbonyl (C=O) groups excluding carboxylic acids is 1. The van der Waals surface area contributed by atoms with Gasteiger partial charge in [0.1, 0.15) is 0 Å². The summed E-state index contributed by atoms with van der Waals surface area (Å²) in [6, 6.07) is 10.1. The first-order valence-electron chi connectivity index (χ1n) is 9.09. The molecule has 28 heavy (non-hydrogen) atoms. The number of aryl methyl sites for hydroxylation is 2. The first-order valence-corrected chi connectivity index (χ1v) is 9.90. The molecule has 0 bridgehead atoms. The van der Waals surface area contributed by atoms with E-state index in [4.69, 9.17) is 4.98 Å². The molecule has 0 N–H and O–H groups in total. The molecule has 1 aliphatic rings. The van der Waals surface area contributed by atoms with E-state index in [0.29, 0.717) is 18.7 Å². The SMILES string of the molecule is Cc1cc(C)c2sc(N3CCN(C(=O)c4ccc([N+](=O)[O-])cc4)CC3)nc2c1. The molecular weight excluding hydrogens is 376 g/mol. The molecule has 2 heterocycles. The van der Waals surface area contributed by atoms with Crippen molar-refractivity contribution in [3.05, 3.63) is 63.2 Å². The quantitative estimate of drug-likeness (QED) is 0.497. The summed E-state index contributed by atoms with van der Waals surface area (Å²) in [6.45, 7) is 6.83. The number of rotatable bonds is 3. The Kier molecular flexibility index (Phi) is 4.72. The van der Waals surface area contributed by atoms with Crippen LogP contribution in [0.2, 0.25) is 0 Å². The van der Waals surface area contributed by atoms with Crippen LogP contribution in [0.3, 0.4) is 0 Å². The lowest BCUT2D eigenvalue weighted by Gasteiger charge is -2.34. The number of piperazine rings is 1. The van der Waals surface area contributed by atoms with Crippen LogP contribution in [0.15, 0.2) is 36.4 Å². The Morgan fingerprint density at radius 1 is 1.11 bits per heavy atom. The molecule has 7 nitrogen and oxygen atoms in total. The van der Waals surface area contributed by atoms with E-state index in [2.05, 4.69) is 30.9 Å². The number of nitro groups is 1. The number of nitro benzene ring substituents is 1. The number of carbonyl (C=O) groups is 1. The van der Waals surface area contributed by atoms with Crippen molar-refractivity contribution in [2.45, 2.75) is 13.8 Å². The van der Waals surface area contributed by atoms with Gasteiger partial charge in [-0.15, -0.1) is 0 Å². The van der Waals surface area contributed by atoms with Gasteiger partial charge in [0.25, 0.3) is 11.6 Å². The highest BCUT2D eigenvalue weighted by molar-refractivity contribution is 7.22. The lowest BCUT2D eigenvalue weighted by atomic mass is 10.1. The number of hydrogen-bond donors (Lipinski definition) is 0. The molecule has 1 aliphatic heterocycles. The predicted molar refractivity (Wildman–Crippen MR) is 110 cm³/mol. The second-order valence-electron chi connectivity index (χ2n) is 7.01. The highest BCUT2D eigenvalue weighted by atomic mass is 32.1. The van der Waals surface area contributed by atoms with Gasteiger partial charge in [0.05, 0.1) is 15.1 Å². The summed E-state index contributed by atoms with van der Waals surface area (Å²) >= 11 is 1.70. The van der Waals surface area contributed by atoms with Gasteiger partial charge < -0.3 is 9.80 Å². The van der Waals surface area contributed by atoms with Gasteiger partial charge in [0, 0.05) is 43.9 Å². The normalized spacial score (nSPS) is 14.5. The number of anilines is 1. The molecule has 144 valence electrons. The van der Waals surface area contributed by atoms with Crippen molar-refractivity contribution >= 4 is 38.3 Å². The smallest absolute Gasteiger partial charge is 0.269 e. The van der Waals surface area contributed by atoms with Crippen molar-refractivity contribution < 1.29 is 9.72 Å². The van der Waals surface area contributed by atoms with Crippen molar-refractivity contribution in [2.24, 2.45) is 0 Å². The van der Waals surface area contributed by atoms with Crippen LogP contribution in [0, 0.1) is 24.0 Å². The van der Waals surface area contributed by atoms with Crippen molar-refractivity contribution in [1.29, 1.82) is 0 Å². The molecule has 8 heteroatoms. The Bertz CT molecular complexity index is 1050. The summed E-state index contributed by atoms with van der Waals surface area (Å²) in [6.07, 6.45) is 0. The molecule has 4 rings (SSSR count). The Morgan fingerprint density at radius 2 is 1.79 bits per heavy atom. The van der Waals surface area contributed by atoms with Crippen LogP contribution in [-0.4, -0.2) is 46.9 Å². The molecule has 1 aromatic heterocycles. The summed E-state index contributed by atoms with van der Waals surface area (Å²) in [4.78, 5) is 31.8. The van der Waals surface area contributed by atoms with Gasteiger partial charge in [-0.3, -0.25) is 14.9 Å². The van der Waals surface area contributed by atoms with Gasteiger partial charge in [-0.05, 0) is 43.2 Å². The van der Waals surface area contributed by atoms with Crippen LogP contribution in [0.5, 0.6) is 0 Å². The van der Waals surface area contributed by atoms with Gasteiger partial charge in [0.2, 0.25) is 0 Å². The summed E-state index contributed by atoms with van der Waals surface area (Å²) in [5.41, 5.74) is 3.95. The average molecular weight is 396 g/mol. The van der Waals surface area contributed by atoms with Crippen molar-refractivity contribution in [2.75, 3.05) is 31.1 Å². The van der Waals surface area contributed by atoms with E-state index in [0.717, 1.165) is 23.7 Å². The van der Waals surface area contributed by atoms with E-state index in [1.54, 1.807) is 16.2 Å². The van der Waals surface area contributed by atoms with Crippen LogP contribution in [-0.2, 0) is 0 Å². The summed E-state index contributed by atoms with van der Waals surface area (Å²) in [5.74, 6) is -0.0923. The Labute approximate surface area is 166 Å². The molecule has 1 amide bonds. The van der Waals surface area contributed by atoms with Crippen LogP contribution < -0.4 is 4.90 Å². The number of aromatic nitrogens is 1. The van der Waals surface area contributed by atoms with E-state index in [9.17, 15) is 14.9 Å². The van der Waals surface area contributed by atoms with Crippen LogP contribution in [0.4, 0.5) is 10.8 Å². The fraction of sp³-hybridized carbons (Fsp3) is 0.300. The predicted octanol–water partition coefficient (Wildman–Crippen LogP) is 3.78. The van der Waals surface area contributed by atoms with Crippen molar-refractivity contribution in [1.82, 2.24) is 9.88 Å². The fourth-order valence-electron chi connectivity index (χ4n) is 3.51. The monoisotopic (exact) mass is 396 g/mol. The van der Waals surface area contributed by atoms with Gasteiger partial charge in [-0.2, -0.15) is 0 Å². The van der Waals surface area contributed by atoms with Gasteiger partial charge in [-0.25, -0.2) is 4.98 Å². The number of thiazole rings is 1. The van der Waals surface area contributed by atoms with E-state index < -0.39 is 4.92 Å². The largest absolute Gasteiger partial charge is 0.345 e. The second kappa shape index (κ2) is 7.20. The van der Waals surface area contributed by atoms with Gasteiger partial charge in [-0.1, -0.05) is 17.4 Å². The summed E-state index contributed by atoms with van der Waals surface area (Å²) in [5, 5.41) is 11.8. The van der Waals surface area contributed by atoms with E-state index in [1.807, 2.05) is 0 Å². The van der Waals surface area contributed by atoms with E-state index in [-0.39, 0.29) is 11.6 Å². The number of fused-ring (bicyclic) bond motifs is 1. The molecule has 0 aliphatic carbocycles. The highest BCUT2D eigenvalue weighted by Gasteiger charge is 2.24. The van der Waals surface area contributed by atoms with E-state index in [1.165, 1.54) is 40.1 Å².